The summed E-state index contributed by atoms with van der Waals surface area (Å²) in [5, 5.41) is 2.88. The number of hydrogen-bond donors (Lipinski definition) is 2. The summed E-state index contributed by atoms with van der Waals surface area (Å²) >= 11 is 0. The van der Waals surface area contributed by atoms with E-state index in [9.17, 15) is 4.79 Å². The van der Waals surface area contributed by atoms with Gasteiger partial charge in [-0.2, -0.15) is 0 Å². The molecule has 0 saturated heterocycles. The first-order chi connectivity index (χ1) is 11.2. The zero-order valence-electron chi connectivity index (χ0n) is 13.7. The third-order valence-electron chi connectivity index (χ3n) is 3.74. The number of carbonyl (C=O) groups excluding carboxylic acids is 1. The minimum atomic E-state index is -0.205. The van der Waals surface area contributed by atoms with Crippen LogP contribution in [0, 0.1) is 0 Å². The standard InChI is InChI=1S/C18H25N3O2/c1-2-3-4-5-6-9-12-20-17(22)16-13-23-18(21-16)14-10-7-8-11-15(14)19/h7-8,10-11,13H,2-6,9,12,19H2,1H3,(H,20,22). The zero-order valence-corrected chi connectivity index (χ0v) is 13.7. The van der Waals surface area contributed by atoms with E-state index in [-0.39, 0.29) is 11.6 Å². The van der Waals surface area contributed by atoms with Gasteiger partial charge in [-0.1, -0.05) is 51.2 Å². The summed E-state index contributed by atoms with van der Waals surface area (Å²) < 4.78 is 5.37. The molecule has 0 aliphatic heterocycles. The van der Waals surface area contributed by atoms with Crippen molar-refractivity contribution in [2.24, 2.45) is 0 Å². The Morgan fingerprint density at radius 3 is 2.70 bits per heavy atom. The van der Waals surface area contributed by atoms with Gasteiger partial charge < -0.3 is 15.5 Å². The molecule has 1 amide bonds. The maximum absolute atomic E-state index is 12.0. The van der Waals surface area contributed by atoms with E-state index in [4.69, 9.17) is 10.2 Å². The molecule has 124 valence electrons. The predicted octanol–water partition coefficient (Wildman–Crippen LogP) is 4.01. The van der Waals surface area contributed by atoms with Gasteiger partial charge in [-0.3, -0.25) is 4.79 Å². The van der Waals surface area contributed by atoms with Crippen molar-refractivity contribution in [2.45, 2.75) is 45.4 Å². The third kappa shape index (κ3) is 5.13. The van der Waals surface area contributed by atoms with Crippen LogP contribution in [0.1, 0.15) is 55.9 Å². The number of amides is 1. The van der Waals surface area contributed by atoms with Crippen LogP contribution < -0.4 is 11.1 Å². The van der Waals surface area contributed by atoms with Gasteiger partial charge in [0.25, 0.3) is 5.91 Å². The van der Waals surface area contributed by atoms with E-state index in [1.807, 2.05) is 18.2 Å². The molecule has 0 aliphatic rings. The first-order valence-corrected chi connectivity index (χ1v) is 8.31. The summed E-state index contributed by atoms with van der Waals surface area (Å²) in [7, 11) is 0. The van der Waals surface area contributed by atoms with Gasteiger partial charge in [0.2, 0.25) is 5.89 Å². The van der Waals surface area contributed by atoms with Gasteiger partial charge in [0.05, 0.1) is 5.56 Å². The second-order valence-electron chi connectivity index (χ2n) is 5.65. The Bertz CT molecular complexity index is 622. The quantitative estimate of drug-likeness (QED) is 0.541. The number of carbonyl (C=O) groups is 1. The van der Waals surface area contributed by atoms with E-state index in [1.54, 1.807) is 6.07 Å². The fourth-order valence-electron chi connectivity index (χ4n) is 2.39. The Kier molecular flexibility index (Phi) is 6.66. The molecule has 0 fully saturated rings. The summed E-state index contributed by atoms with van der Waals surface area (Å²) in [5.74, 6) is 0.163. The molecule has 5 heteroatoms. The number of nitrogens with two attached hydrogens (primary N) is 1. The number of nitrogen functional groups attached to an aromatic ring is 1. The van der Waals surface area contributed by atoms with Crippen LogP contribution in [0.5, 0.6) is 0 Å². The molecule has 1 aromatic heterocycles. The van der Waals surface area contributed by atoms with E-state index < -0.39 is 0 Å². The molecule has 0 atom stereocenters. The number of oxazole rings is 1. The number of anilines is 1. The first-order valence-electron chi connectivity index (χ1n) is 8.31. The lowest BCUT2D eigenvalue weighted by molar-refractivity contribution is 0.0948. The minimum absolute atomic E-state index is 0.205. The Hall–Kier alpha value is -2.30. The SMILES string of the molecule is CCCCCCCCNC(=O)c1coc(-c2ccccc2N)n1. The molecule has 0 unspecified atom stereocenters. The van der Waals surface area contributed by atoms with Crippen molar-refractivity contribution in [1.29, 1.82) is 0 Å². The fourth-order valence-corrected chi connectivity index (χ4v) is 2.39. The van der Waals surface area contributed by atoms with Crippen LogP contribution in [0.25, 0.3) is 11.5 Å². The largest absolute Gasteiger partial charge is 0.444 e. The predicted molar refractivity (Wildman–Crippen MR) is 92.1 cm³/mol. The van der Waals surface area contributed by atoms with E-state index >= 15 is 0 Å². The molecule has 0 bridgehead atoms. The van der Waals surface area contributed by atoms with Gasteiger partial charge >= 0.3 is 0 Å². The second-order valence-corrected chi connectivity index (χ2v) is 5.65. The highest BCUT2D eigenvalue weighted by Crippen LogP contribution is 2.24. The van der Waals surface area contributed by atoms with Crippen LogP contribution in [0.2, 0.25) is 0 Å². The monoisotopic (exact) mass is 315 g/mol. The molecular weight excluding hydrogens is 290 g/mol. The van der Waals surface area contributed by atoms with Crippen LogP contribution in [-0.4, -0.2) is 17.4 Å². The van der Waals surface area contributed by atoms with Crippen molar-refractivity contribution < 1.29 is 9.21 Å². The number of nitrogens with zero attached hydrogens (tertiary/aromatic N) is 1. The van der Waals surface area contributed by atoms with Crippen LogP contribution in [0.15, 0.2) is 34.9 Å². The van der Waals surface area contributed by atoms with Crippen molar-refractivity contribution in [3.8, 4) is 11.5 Å². The highest BCUT2D eigenvalue weighted by atomic mass is 16.3. The molecule has 0 aliphatic carbocycles. The summed E-state index contributed by atoms with van der Waals surface area (Å²) in [5.41, 5.74) is 7.45. The molecule has 5 nitrogen and oxygen atoms in total. The number of hydrogen-bond acceptors (Lipinski definition) is 4. The lowest BCUT2D eigenvalue weighted by Crippen LogP contribution is -2.24. The van der Waals surface area contributed by atoms with Crippen molar-refractivity contribution in [1.82, 2.24) is 10.3 Å². The third-order valence-corrected chi connectivity index (χ3v) is 3.74. The van der Waals surface area contributed by atoms with Gasteiger partial charge in [0.1, 0.15) is 6.26 Å². The smallest absolute Gasteiger partial charge is 0.273 e. The lowest BCUT2D eigenvalue weighted by Gasteiger charge is -2.03. The average Bonchev–Trinajstić information content (AvgIpc) is 3.04. The minimum Gasteiger partial charge on any atom is -0.444 e. The Morgan fingerprint density at radius 2 is 1.91 bits per heavy atom. The van der Waals surface area contributed by atoms with Gasteiger partial charge in [-0.05, 0) is 18.6 Å². The molecule has 0 saturated carbocycles. The molecule has 1 aromatic carbocycles. The zero-order chi connectivity index (χ0) is 16.5. The van der Waals surface area contributed by atoms with Gasteiger partial charge in [0, 0.05) is 12.2 Å². The van der Waals surface area contributed by atoms with E-state index in [1.165, 1.54) is 31.9 Å². The first kappa shape index (κ1) is 17.1. The summed E-state index contributed by atoms with van der Waals surface area (Å²) in [6.07, 6.45) is 8.55. The van der Waals surface area contributed by atoms with Crippen LogP contribution in [0.4, 0.5) is 5.69 Å². The van der Waals surface area contributed by atoms with Crippen molar-refractivity contribution in [3.05, 3.63) is 36.2 Å². The Morgan fingerprint density at radius 1 is 1.17 bits per heavy atom. The molecule has 23 heavy (non-hydrogen) atoms. The van der Waals surface area contributed by atoms with Crippen molar-refractivity contribution in [3.63, 3.8) is 0 Å². The number of nitrogens with one attached hydrogen (secondary N) is 1. The van der Waals surface area contributed by atoms with E-state index in [2.05, 4.69) is 17.2 Å². The van der Waals surface area contributed by atoms with Crippen LogP contribution in [-0.2, 0) is 0 Å². The summed E-state index contributed by atoms with van der Waals surface area (Å²) in [4.78, 5) is 16.3. The van der Waals surface area contributed by atoms with E-state index in [0.29, 0.717) is 23.7 Å². The number of rotatable bonds is 9. The van der Waals surface area contributed by atoms with Crippen LogP contribution in [0.3, 0.4) is 0 Å². The van der Waals surface area contributed by atoms with Crippen molar-refractivity contribution in [2.75, 3.05) is 12.3 Å². The highest BCUT2D eigenvalue weighted by molar-refractivity contribution is 5.92. The number of benzene rings is 1. The summed E-state index contributed by atoms with van der Waals surface area (Å²) in [6.45, 7) is 2.87. The molecule has 0 spiro atoms. The second kappa shape index (κ2) is 8.98. The normalized spacial score (nSPS) is 10.7. The molecule has 0 radical (unpaired) electrons. The van der Waals surface area contributed by atoms with Gasteiger partial charge in [0.15, 0.2) is 5.69 Å². The average molecular weight is 315 g/mol. The Balaban J connectivity index is 1.79. The number of para-hydroxylation sites is 1. The molecule has 2 rings (SSSR count). The molecule has 3 N–H and O–H groups in total. The number of aromatic nitrogens is 1. The molecular formula is C18H25N3O2. The Labute approximate surface area is 137 Å². The topological polar surface area (TPSA) is 81.2 Å². The highest BCUT2D eigenvalue weighted by Gasteiger charge is 2.14. The van der Waals surface area contributed by atoms with Crippen LogP contribution >= 0.6 is 0 Å². The maximum Gasteiger partial charge on any atom is 0.273 e. The fraction of sp³-hybridized carbons (Fsp3) is 0.444. The van der Waals surface area contributed by atoms with E-state index in [0.717, 1.165) is 12.8 Å². The van der Waals surface area contributed by atoms with Gasteiger partial charge in [-0.25, -0.2) is 4.98 Å². The summed E-state index contributed by atoms with van der Waals surface area (Å²) in [6, 6.07) is 7.29. The maximum atomic E-state index is 12.0. The number of unbranched alkanes of at least 4 members (excludes halogenated alkanes) is 5. The van der Waals surface area contributed by atoms with Crippen molar-refractivity contribution >= 4 is 11.6 Å². The lowest BCUT2D eigenvalue weighted by atomic mass is 10.1. The molecule has 1 heterocycles. The molecule has 2 aromatic rings. The van der Waals surface area contributed by atoms with Gasteiger partial charge in [-0.15, -0.1) is 0 Å².